The lowest BCUT2D eigenvalue weighted by molar-refractivity contribution is -0.113. The van der Waals surface area contributed by atoms with Gasteiger partial charge in [0.15, 0.2) is 0 Å². The number of nitrogens with zero attached hydrogens (tertiary/aromatic N) is 2. The number of aromatic nitrogens is 2. The van der Waals surface area contributed by atoms with Gasteiger partial charge in [-0.3, -0.25) is 4.79 Å². The van der Waals surface area contributed by atoms with Gasteiger partial charge in [-0.2, -0.15) is 0 Å². The first-order chi connectivity index (χ1) is 10.5. The molecule has 1 aromatic carbocycles. The number of thioether (sulfide) groups is 1. The number of benzene rings is 1. The van der Waals surface area contributed by atoms with E-state index in [2.05, 4.69) is 15.5 Å². The Kier molecular flexibility index (Phi) is 5.51. The Morgan fingerprint density at radius 2 is 2.05 bits per heavy atom. The molecule has 118 valence electrons. The van der Waals surface area contributed by atoms with E-state index >= 15 is 0 Å². The van der Waals surface area contributed by atoms with E-state index in [0.717, 1.165) is 11.8 Å². The molecule has 9 heteroatoms. The summed E-state index contributed by atoms with van der Waals surface area (Å²) in [6.45, 7) is 1.68. The van der Waals surface area contributed by atoms with Crippen LogP contribution in [0.3, 0.4) is 0 Å². The second-order valence-electron chi connectivity index (χ2n) is 4.11. The molecule has 0 saturated carbocycles. The number of nitrogens with one attached hydrogen (secondary N) is 1. The summed E-state index contributed by atoms with van der Waals surface area (Å²) in [5.74, 6) is 1.21. The number of anilines is 1. The smallest absolute Gasteiger partial charge is 0.277 e. The van der Waals surface area contributed by atoms with Crippen molar-refractivity contribution in [3.8, 4) is 11.5 Å². The minimum absolute atomic E-state index is 0.121. The minimum Gasteiger partial charge on any atom is -0.495 e. The molecule has 1 amide bonds. The van der Waals surface area contributed by atoms with Gasteiger partial charge in [0.25, 0.3) is 5.22 Å². The zero-order valence-corrected chi connectivity index (χ0v) is 13.7. The van der Waals surface area contributed by atoms with Crippen LogP contribution in [0.1, 0.15) is 5.89 Å². The Labute approximate surface area is 136 Å². The van der Waals surface area contributed by atoms with Gasteiger partial charge in [0.2, 0.25) is 11.8 Å². The molecular weight excluding hydrogens is 330 g/mol. The zero-order valence-electron chi connectivity index (χ0n) is 12.2. The van der Waals surface area contributed by atoms with Gasteiger partial charge in [-0.15, -0.1) is 10.2 Å². The third-order valence-electron chi connectivity index (χ3n) is 2.58. The quantitative estimate of drug-likeness (QED) is 0.807. The number of methoxy groups -OCH3 is 2. The fraction of sp³-hybridized carbons (Fsp3) is 0.308. The number of rotatable bonds is 6. The van der Waals surface area contributed by atoms with E-state index in [1.807, 2.05) is 0 Å². The maximum absolute atomic E-state index is 12.0. The van der Waals surface area contributed by atoms with Crippen LogP contribution in [0.15, 0.2) is 21.8 Å². The van der Waals surface area contributed by atoms with Gasteiger partial charge in [-0.1, -0.05) is 23.4 Å². The van der Waals surface area contributed by atoms with Crippen LogP contribution in [0, 0.1) is 6.92 Å². The van der Waals surface area contributed by atoms with E-state index in [9.17, 15) is 4.79 Å². The standard InChI is InChI=1S/C13H14ClN3O4S/c1-7-16-17-13(21-7)22-6-12(18)15-9-5-10(19-2)8(14)4-11(9)20-3/h4-5H,6H2,1-3H3,(H,15,18). The highest BCUT2D eigenvalue weighted by atomic mass is 35.5. The van der Waals surface area contributed by atoms with Crippen LogP contribution in [0.5, 0.6) is 11.5 Å². The summed E-state index contributed by atoms with van der Waals surface area (Å²) in [5.41, 5.74) is 0.469. The van der Waals surface area contributed by atoms with Crippen molar-refractivity contribution < 1.29 is 18.7 Å². The van der Waals surface area contributed by atoms with Crippen LogP contribution >= 0.6 is 23.4 Å². The van der Waals surface area contributed by atoms with E-state index in [4.69, 9.17) is 25.5 Å². The predicted octanol–water partition coefficient (Wildman–Crippen LogP) is 2.78. The molecule has 0 aliphatic heterocycles. The summed E-state index contributed by atoms with van der Waals surface area (Å²) < 4.78 is 15.5. The van der Waals surface area contributed by atoms with Crippen LogP contribution in [0.4, 0.5) is 5.69 Å². The number of aryl methyl sites for hydroxylation is 1. The van der Waals surface area contributed by atoms with Crippen LogP contribution in [-0.2, 0) is 4.79 Å². The molecule has 0 spiro atoms. The largest absolute Gasteiger partial charge is 0.495 e. The lowest BCUT2D eigenvalue weighted by Crippen LogP contribution is -2.14. The first-order valence-corrected chi connectivity index (χ1v) is 7.54. The first-order valence-electron chi connectivity index (χ1n) is 6.17. The number of ether oxygens (including phenoxy) is 2. The minimum atomic E-state index is -0.247. The Morgan fingerprint density at radius 3 is 2.64 bits per heavy atom. The number of hydrogen-bond donors (Lipinski definition) is 1. The molecule has 1 heterocycles. The third-order valence-corrected chi connectivity index (χ3v) is 3.70. The maximum Gasteiger partial charge on any atom is 0.277 e. The molecule has 0 saturated heterocycles. The summed E-state index contributed by atoms with van der Waals surface area (Å²) in [6, 6.07) is 3.17. The number of hydrogen-bond acceptors (Lipinski definition) is 7. The van der Waals surface area contributed by atoms with Gasteiger partial charge in [0.05, 0.1) is 30.7 Å². The van der Waals surface area contributed by atoms with Crippen LogP contribution in [0.25, 0.3) is 0 Å². The molecule has 0 radical (unpaired) electrons. The van der Waals surface area contributed by atoms with E-state index in [1.54, 1.807) is 19.1 Å². The Balaban J connectivity index is 2.04. The number of halogens is 1. The molecule has 2 aromatic rings. The van der Waals surface area contributed by atoms with Crippen LogP contribution in [0.2, 0.25) is 5.02 Å². The molecule has 0 bridgehead atoms. The van der Waals surface area contributed by atoms with Gasteiger partial charge in [0.1, 0.15) is 11.5 Å². The topological polar surface area (TPSA) is 86.5 Å². The van der Waals surface area contributed by atoms with Gasteiger partial charge in [-0.25, -0.2) is 0 Å². The summed E-state index contributed by atoms with van der Waals surface area (Å²) in [6.07, 6.45) is 0. The molecule has 0 atom stereocenters. The normalized spacial score (nSPS) is 10.4. The van der Waals surface area contributed by atoms with E-state index in [0.29, 0.717) is 33.3 Å². The number of carbonyl (C=O) groups is 1. The molecule has 2 rings (SSSR count). The van der Waals surface area contributed by atoms with Gasteiger partial charge < -0.3 is 19.2 Å². The van der Waals surface area contributed by atoms with E-state index in [1.165, 1.54) is 14.2 Å². The van der Waals surface area contributed by atoms with Gasteiger partial charge in [0, 0.05) is 19.1 Å². The Morgan fingerprint density at radius 1 is 1.32 bits per heavy atom. The maximum atomic E-state index is 12.0. The predicted molar refractivity (Wildman–Crippen MR) is 82.9 cm³/mol. The first kappa shape index (κ1) is 16.4. The van der Waals surface area contributed by atoms with Crippen molar-refractivity contribution in [2.75, 3.05) is 25.3 Å². The van der Waals surface area contributed by atoms with Crippen LogP contribution in [-0.4, -0.2) is 36.1 Å². The van der Waals surface area contributed by atoms with Crippen molar-refractivity contribution in [3.63, 3.8) is 0 Å². The SMILES string of the molecule is COc1cc(NC(=O)CSc2nnc(C)o2)c(OC)cc1Cl. The lowest BCUT2D eigenvalue weighted by Gasteiger charge is -2.12. The zero-order chi connectivity index (χ0) is 16.1. The molecule has 0 aliphatic carbocycles. The van der Waals surface area contributed by atoms with Crippen molar-refractivity contribution in [1.82, 2.24) is 10.2 Å². The van der Waals surface area contributed by atoms with Crippen LogP contribution < -0.4 is 14.8 Å². The summed E-state index contributed by atoms with van der Waals surface area (Å²) in [7, 11) is 2.98. The second kappa shape index (κ2) is 7.37. The van der Waals surface area contributed by atoms with Crippen molar-refractivity contribution in [2.24, 2.45) is 0 Å². The summed E-state index contributed by atoms with van der Waals surface area (Å²) >= 11 is 7.16. The van der Waals surface area contributed by atoms with Crippen molar-refractivity contribution >= 4 is 35.0 Å². The molecule has 7 nitrogen and oxygen atoms in total. The molecule has 22 heavy (non-hydrogen) atoms. The lowest BCUT2D eigenvalue weighted by atomic mass is 10.2. The summed E-state index contributed by atoms with van der Waals surface area (Å²) in [5, 5.41) is 11.0. The molecular formula is C13H14ClN3O4S. The average Bonchev–Trinajstić information content (AvgIpc) is 2.92. The number of carbonyl (C=O) groups excluding carboxylic acids is 1. The van der Waals surface area contributed by atoms with Crippen molar-refractivity contribution in [2.45, 2.75) is 12.1 Å². The van der Waals surface area contributed by atoms with Crippen molar-refractivity contribution in [1.29, 1.82) is 0 Å². The highest BCUT2D eigenvalue weighted by molar-refractivity contribution is 7.99. The Hall–Kier alpha value is -1.93. The van der Waals surface area contributed by atoms with Gasteiger partial charge in [-0.05, 0) is 0 Å². The molecule has 0 fully saturated rings. The Bertz CT molecular complexity index is 677. The monoisotopic (exact) mass is 343 g/mol. The highest BCUT2D eigenvalue weighted by Gasteiger charge is 2.14. The average molecular weight is 344 g/mol. The number of amides is 1. The summed E-state index contributed by atoms with van der Waals surface area (Å²) in [4.78, 5) is 12.0. The molecule has 0 unspecified atom stereocenters. The van der Waals surface area contributed by atoms with E-state index in [-0.39, 0.29) is 11.7 Å². The van der Waals surface area contributed by atoms with E-state index < -0.39 is 0 Å². The van der Waals surface area contributed by atoms with Crippen molar-refractivity contribution in [3.05, 3.63) is 23.0 Å². The second-order valence-corrected chi connectivity index (χ2v) is 5.44. The molecule has 1 aromatic heterocycles. The fourth-order valence-corrected chi connectivity index (χ4v) is 2.44. The third kappa shape index (κ3) is 4.05. The fourth-order valence-electron chi connectivity index (χ4n) is 1.61. The molecule has 0 aliphatic rings. The molecule has 1 N–H and O–H groups in total. The highest BCUT2D eigenvalue weighted by Crippen LogP contribution is 2.35. The van der Waals surface area contributed by atoms with Gasteiger partial charge >= 0.3 is 0 Å².